The molecule has 0 saturated heterocycles. The zero-order valence-corrected chi connectivity index (χ0v) is 17.8. The molecule has 7 heteroatoms. The van der Waals surface area contributed by atoms with Crippen LogP contribution in [0.5, 0.6) is 0 Å². The standard InChI is InChI=1S/C24H27N3O4/c1-16(2)14-20(17-8-4-3-5-9-17)26-22(28)15-31-23(29)13-12-21-25-19-11-7-6-10-18(19)24(30)27-21/h3-11,16,20H,12-15H2,1-2H3,(H,26,28)(H,25,27,30)/t20-/m0/s1. The smallest absolute Gasteiger partial charge is 0.306 e. The number of carbonyl (C=O) groups is 2. The largest absolute Gasteiger partial charge is 0.456 e. The number of nitrogens with zero attached hydrogens (tertiary/aromatic N) is 1. The monoisotopic (exact) mass is 421 g/mol. The highest BCUT2D eigenvalue weighted by Crippen LogP contribution is 2.21. The minimum Gasteiger partial charge on any atom is -0.456 e. The number of fused-ring (bicyclic) bond motifs is 1. The second-order valence-electron chi connectivity index (χ2n) is 7.85. The number of hydrogen-bond donors (Lipinski definition) is 2. The summed E-state index contributed by atoms with van der Waals surface area (Å²) in [6.45, 7) is 3.84. The highest BCUT2D eigenvalue weighted by atomic mass is 16.5. The van der Waals surface area contributed by atoms with Crippen molar-refractivity contribution in [2.45, 2.75) is 39.2 Å². The maximum atomic E-state index is 12.3. The maximum absolute atomic E-state index is 12.3. The first-order valence-corrected chi connectivity index (χ1v) is 10.4. The molecule has 3 aromatic rings. The Hall–Kier alpha value is -3.48. The molecule has 0 saturated carbocycles. The summed E-state index contributed by atoms with van der Waals surface area (Å²) in [5.74, 6) is -0.0676. The van der Waals surface area contributed by atoms with Crippen molar-refractivity contribution in [1.82, 2.24) is 15.3 Å². The van der Waals surface area contributed by atoms with E-state index >= 15 is 0 Å². The number of amides is 1. The van der Waals surface area contributed by atoms with Crippen molar-refractivity contribution < 1.29 is 14.3 Å². The van der Waals surface area contributed by atoms with Crippen molar-refractivity contribution in [2.75, 3.05) is 6.61 Å². The fourth-order valence-electron chi connectivity index (χ4n) is 3.36. The van der Waals surface area contributed by atoms with Crippen LogP contribution >= 0.6 is 0 Å². The summed E-state index contributed by atoms with van der Waals surface area (Å²) in [5, 5.41) is 3.45. The summed E-state index contributed by atoms with van der Waals surface area (Å²) < 4.78 is 5.11. The normalized spacial score (nSPS) is 12.0. The van der Waals surface area contributed by atoms with Gasteiger partial charge in [0.05, 0.1) is 23.4 Å². The number of ether oxygens (including phenoxy) is 1. The van der Waals surface area contributed by atoms with Crippen molar-refractivity contribution in [3.05, 3.63) is 76.3 Å². The molecule has 1 heterocycles. The van der Waals surface area contributed by atoms with Crippen LogP contribution in [0.3, 0.4) is 0 Å². The molecule has 2 aromatic carbocycles. The number of benzene rings is 2. The molecule has 0 radical (unpaired) electrons. The zero-order chi connectivity index (χ0) is 22.2. The first kappa shape index (κ1) is 22.2. The van der Waals surface area contributed by atoms with E-state index < -0.39 is 5.97 Å². The number of nitrogens with one attached hydrogen (secondary N) is 2. The van der Waals surface area contributed by atoms with Gasteiger partial charge in [0.15, 0.2) is 6.61 Å². The Bertz CT molecular complexity index is 1090. The Morgan fingerprint density at radius 1 is 1.06 bits per heavy atom. The number of aromatic amines is 1. The molecule has 0 bridgehead atoms. The summed E-state index contributed by atoms with van der Waals surface area (Å²) in [5.41, 5.74) is 1.35. The average Bonchev–Trinajstić information content (AvgIpc) is 2.76. The number of hydrogen-bond acceptors (Lipinski definition) is 5. The zero-order valence-electron chi connectivity index (χ0n) is 17.8. The average molecular weight is 421 g/mol. The third kappa shape index (κ3) is 6.50. The van der Waals surface area contributed by atoms with Gasteiger partial charge in [-0.25, -0.2) is 4.98 Å². The molecule has 0 spiro atoms. The van der Waals surface area contributed by atoms with Gasteiger partial charge >= 0.3 is 5.97 Å². The number of aryl methyl sites for hydroxylation is 1. The third-order valence-electron chi connectivity index (χ3n) is 4.84. The number of H-pyrrole nitrogens is 1. The Balaban J connectivity index is 1.50. The van der Waals surface area contributed by atoms with E-state index in [0.717, 1.165) is 12.0 Å². The van der Waals surface area contributed by atoms with Gasteiger partial charge in [0.1, 0.15) is 5.82 Å². The van der Waals surface area contributed by atoms with Crippen LogP contribution in [-0.2, 0) is 20.7 Å². The first-order chi connectivity index (χ1) is 14.9. The molecule has 0 aliphatic carbocycles. The Morgan fingerprint density at radius 2 is 1.77 bits per heavy atom. The van der Waals surface area contributed by atoms with Gasteiger partial charge < -0.3 is 15.0 Å². The minimum atomic E-state index is -0.522. The predicted octanol–water partition coefficient (Wildman–Crippen LogP) is 3.30. The van der Waals surface area contributed by atoms with Crippen LogP contribution in [0.1, 0.15) is 44.1 Å². The number of carbonyl (C=O) groups excluding carboxylic acids is 2. The van der Waals surface area contributed by atoms with Crippen LogP contribution in [0.2, 0.25) is 0 Å². The molecule has 7 nitrogen and oxygen atoms in total. The van der Waals surface area contributed by atoms with Crippen molar-refractivity contribution in [3.8, 4) is 0 Å². The summed E-state index contributed by atoms with van der Waals surface area (Å²) >= 11 is 0. The molecule has 3 rings (SSSR count). The van der Waals surface area contributed by atoms with Crippen LogP contribution in [0.4, 0.5) is 0 Å². The number of rotatable bonds is 9. The second kappa shape index (κ2) is 10.5. The van der Waals surface area contributed by atoms with E-state index in [4.69, 9.17) is 4.74 Å². The third-order valence-corrected chi connectivity index (χ3v) is 4.84. The van der Waals surface area contributed by atoms with Crippen LogP contribution in [0.15, 0.2) is 59.4 Å². The van der Waals surface area contributed by atoms with Crippen LogP contribution in [-0.4, -0.2) is 28.5 Å². The minimum absolute atomic E-state index is 0.0165. The van der Waals surface area contributed by atoms with Crippen molar-refractivity contribution in [3.63, 3.8) is 0 Å². The fraction of sp³-hybridized carbons (Fsp3) is 0.333. The lowest BCUT2D eigenvalue weighted by atomic mass is 9.97. The summed E-state index contributed by atoms with van der Waals surface area (Å²) in [7, 11) is 0. The van der Waals surface area contributed by atoms with Crippen molar-refractivity contribution in [2.24, 2.45) is 5.92 Å². The lowest BCUT2D eigenvalue weighted by molar-refractivity contribution is -0.148. The van der Waals surface area contributed by atoms with Gasteiger partial charge in [-0.1, -0.05) is 56.3 Å². The molecule has 1 atom stereocenters. The molecule has 0 unspecified atom stereocenters. The van der Waals surface area contributed by atoms with E-state index in [-0.39, 0.29) is 37.0 Å². The van der Waals surface area contributed by atoms with E-state index in [1.807, 2.05) is 30.3 Å². The van der Waals surface area contributed by atoms with Crippen molar-refractivity contribution in [1.29, 1.82) is 0 Å². The van der Waals surface area contributed by atoms with Crippen molar-refractivity contribution >= 4 is 22.8 Å². The highest BCUT2D eigenvalue weighted by Gasteiger charge is 2.17. The number of para-hydroxylation sites is 1. The molecule has 2 N–H and O–H groups in total. The molecule has 162 valence electrons. The first-order valence-electron chi connectivity index (χ1n) is 10.4. The summed E-state index contributed by atoms with van der Waals surface area (Å²) in [6.07, 6.45) is 1.02. The molecular formula is C24H27N3O4. The van der Waals surface area contributed by atoms with Gasteiger partial charge in [-0.3, -0.25) is 14.4 Å². The fourth-order valence-corrected chi connectivity index (χ4v) is 3.36. The van der Waals surface area contributed by atoms with E-state index in [2.05, 4.69) is 29.1 Å². The van der Waals surface area contributed by atoms with Gasteiger partial charge in [-0.2, -0.15) is 0 Å². The molecule has 1 aromatic heterocycles. The Morgan fingerprint density at radius 3 is 2.52 bits per heavy atom. The van der Waals surface area contributed by atoms with Gasteiger partial charge in [0, 0.05) is 6.42 Å². The van der Waals surface area contributed by atoms with E-state index in [0.29, 0.717) is 22.6 Å². The van der Waals surface area contributed by atoms with Crippen LogP contribution in [0.25, 0.3) is 10.9 Å². The number of aromatic nitrogens is 2. The second-order valence-corrected chi connectivity index (χ2v) is 7.85. The topological polar surface area (TPSA) is 101 Å². The molecular weight excluding hydrogens is 394 g/mol. The predicted molar refractivity (Wildman–Crippen MR) is 118 cm³/mol. The van der Waals surface area contributed by atoms with Crippen LogP contribution < -0.4 is 10.9 Å². The quantitative estimate of drug-likeness (QED) is 0.516. The summed E-state index contributed by atoms with van der Waals surface area (Å²) in [4.78, 5) is 43.5. The van der Waals surface area contributed by atoms with Gasteiger partial charge in [-0.05, 0) is 30.0 Å². The molecule has 0 aliphatic rings. The molecule has 0 fully saturated rings. The molecule has 1 amide bonds. The van der Waals surface area contributed by atoms with Gasteiger partial charge in [0.2, 0.25) is 0 Å². The van der Waals surface area contributed by atoms with Gasteiger partial charge in [0.25, 0.3) is 11.5 Å². The lowest BCUT2D eigenvalue weighted by Gasteiger charge is -2.21. The Labute approximate surface area is 180 Å². The van der Waals surface area contributed by atoms with Gasteiger partial charge in [-0.15, -0.1) is 0 Å². The SMILES string of the molecule is CC(C)C[C@H](NC(=O)COC(=O)CCc1nc2ccccc2c(=O)[nH]1)c1ccccc1. The maximum Gasteiger partial charge on any atom is 0.306 e. The number of esters is 1. The van der Waals surface area contributed by atoms with E-state index in [1.54, 1.807) is 24.3 Å². The van der Waals surface area contributed by atoms with Crippen LogP contribution in [0, 0.1) is 5.92 Å². The lowest BCUT2D eigenvalue weighted by Crippen LogP contribution is -2.33. The molecule has 0 aliphatic heterocycles. The molecule has 31 heavy (non-hydrogen) atoms. The van der Waals surface area contributed by atoms with E-state index in [1.165, 1.54) is 0 Å². The van der Waals surface area contributed by atoms with E-state index in [9.17, 15) is 14.4 Å². The Kier molecular flexibility index (Phi) is 7.54. The summed E-state index contributed by atoms with van der Waals surface area (Å²) in [6, 6.07) is 16.6. The highest BCUT2D eigenvalue weighted by molar-refractivity contribution is 5.81.